The Morgan fingerprint density at radius 1 is 0.907 bits per heavy atom. The summed E-state index contributed by atoms with van der Waals surface area (Å²) >= 11 is 12.5. The van der Waals surface area contributed by atoms with Crippen LogP contribution in [-0.4, -0.2) is 29.7 Å². The number of halogens is 2. The molecule has 0 spiro atoms. The maximum absolute atomic E-state index is 11.7. The first-order valence-electron chi connectivity index (χ1n) is 13.7. The average Bonchev–Trinajstić information content (AvgIpc) is 3.45. The van der Waals surface area contributed by atoms with Gasteiger partial charge in [-0.25, -0.2) is 9.78 Å². The topological polar surface area (TPSA) is 62.6 Å². The van der Waals surface area contributed by atoms with E-state index in [-0.39, 0.29) is 5.97 Å². The molecule has 1 aromatic heterocycles. The summed E-state index contributed by atoms with van der Waals surface area (Å²) in [6, 6.07) is 26.6. The molecule has 6 nitrogen and oxygen atoms in total. The molecule has 0 fully saturated rings. The molecule has 0 saturated carbocycles. The molecule has 8 heteroatoms. The van der Waals surface area contributed by atoms with Crippen molar-refractivity contribution in [1.29, 1.82) is 0 Å². The van der Waals surface area contributed by atoms with Crippen LogP contribution in [0.5, 0.6) is 11.5 Å². The number of benzene rings is 4. The number of imidazole rings is 1. The van der Waals surface area contributed by atoms with Gasteiger partial charge in [0.2, 0.25) is 0 Å². The van der Waals surface area contributed by atoms with Crippen molar-refractivity contribution in [3.05, 3.63) is 124 Å². The molecule has 0 amide bonds. The summed E-state index contributed by atoms with van der Waals surface area (Å²) in [7, 11) is 3.03. The molecule has 0 aliphatic carbocycles. The lowest BCUT2D eigenvalue weighted by Gasteiger charge is -2.11. The van der Waals surface area contributed by atoms with Crippen molar-refractivity contribution in [3.63, 3.8) is 0 Å². The number of aromatic nitrogens is 2. The maximum atomic E-state index is 11.7. The first-order valence-corrected chi connectivity index (χ1v) is 14.4. The van der Waals surface area contributed by atoms with Gasteiger partial charge >= 0.3 is 5.97 Å². The van der Waals surface area contributed by atoms with Crippen LogP contribution in [0.1, 0.15) is 34.2 Å². The average molecular weight is 614 g/mol. The van der Waals surface area contributed by atoms with Gasteiger partial charge < -0.3 is 18.8 Å². The van der Waals surface area contributed by atoms with Crippen LogP contribution in [0.4, 0.5) is 0 Å². The molecule has 0 unspecified atom stereocenters. The normalized spacial score (nSPS) is 11.1. The molecule has 0 aliphatic rings. The molecular weight excluding hydrogens is 583 g/mol. The fourth-order valence-corrected chi connectivity index (χ4v) is 5.14. The lowest BCUT2D eigenvalue weighted by Crippen LogP contribution is -2.02. The summed E-state index contributed by atoms with van der Waals surface area (Å²) in [5.41, 5.74) is 5.98. The molecule has 5 aromatic rings. The van der Waals surface area contributed by atoms with Crippen LogP contribution in [0.15, 0.2) is 91.1 Å². The molecular formula is C35H30Cl2N2O4. The van der Waals surface area contributed by atoms with Gasteiger partial charge in [0.25, 0.3) is 0 Å². The third kappa shape index (κ3) is 7.11. The number of ether oxygens (including phenoxy) is 3. The minimum absolute atomic E-state index is 0.364. The zero-order chi connectivity index (χ0) is 30.3. The van der Waals surface area contributed by atoms with Crippen molar-refractivity contribution < 1.29 is 19.0 Å². The van der Waals surface area contributed by atoms with E-state index >= 15 is 0 Å². The highest BCUT2D eigenvalue weighted by molar-refractivity contribution is 6.36. The molecule has 1 heterocycles. The van der Waals surface area contributed by atoms with E-state index in [9.17, 15) is 4.79 Å². The molecule has 218 valence electrons. The maximum Gasteiger partial charge on any atom is 0.337 e. The molecule has 4 aromatic carbocycles. The first kappa shape index (κ1) is 30.0. The Hall–Kier alpha value is -4.52. The minimum Gasteiger partial charge on any atom is -0.496 e. The number of methoxy groups -OCH3 is 2. The molecule has 0 saturated heterocycles. The molecule has 43 heavy (non-hydrogen) atoms. The number of carbonyl (C=O) groups excluding carboxylic acids is 1. The summed E-state index contributed by atoms with van der Waals surface area (Å²) in [5, 5.41) is 1.14. The standard InChI is InChI=1S/C35H30Cl2N2O4/c1-4-39-21-32(30-15-14-28(36)20-31(30)37)38-34(39)17-13-27-18-26(12-16-33(27)41-2)25-6-5-7-29(19-25)43-22-23-8-10-24(11-9-23)35(40)42-3/h5-21H,4,22H2,1-3H3/b17-13+. The molecule has 0 radical (unpaired) electrons. The number of hydrogen-bond acceptors (Lipinski definition) is 5. The Bertz CT molecular complexity index is 1780. The van der Waals surface area contributed by atoms with E-state index in [1.807, 2.05) is 79.0 Å². The summed E-state index contributed by atoms with van der Waals surface area (Å²) in [6.45, 7) is 3.19. The van der Waals surface area contributed by atoms with Gasteiger partial charge in [-0.2, -0.15) is 0 Å². The van der Waals surface area contributed by atoms with E-state index in [1.165, 1.54) is 7.11 Å². The third-order valence-electron chi connectivity index (χ3n) is 6.94. The van der Waals surface area contributed by atoms with Crippen molar-refractivity contribution >= 4 is 41.3 Å². The number of hydrogen-bond donors (Lipinski definition) is 0. The second-order valence-corrected chi connectivity index (χ2v) is 10.5. The highest BCUT2D eigenvalue weighted by atomic mass is 35.5. The third-order valence-corrected chi connectivity index (χ3v) is 7.49. The lowest BCUT2D eigenvalue weighted by atomic mass is 10.0. The van der Waals surface area contributed by atoms with Crippen LogP contribution < -0.4 is 9.47 Å². The van der Waals surface area contributed by atoms with Gasteiger partial charge in [0, 0.05) is 28.9 Å². The summed E-state index contributed by atoms with van der Waals surface area (Å²) in [5.74, 6) is 1.92. The number of carbonyl (C=O) groups is 1. The van der Waals surface area contributed by atoms with Crippen molar-refractivity contribution in [2.45, 2.75) is 20.1 Å². The van der Waals surface area contributed by atoms with Crippen LogP contribution in [-0.2, 0) is 17.9 Å². The van der Waals surface area contributed by atoms with Gasteiger partial charge in [0.05, 0.1) is 30.5 Å². The quantitative estimate of drug-likeness (QED) is 0.147. The van der Waals surface area contributed by atoms with E-state index in [2.05, 4.69) is 17.6 Å². The molecule has 0 atom stereocenters. The van der Waals surface area contributed by atoms with E-state index in [4.69, 9.17) is 42.4 Å². The van der Waals surface area contributed by atoms with Crippen LogP contribution in [0.3, 0.4) is 0 Å². The molecule has 0 aliphatic heterocycles. The Balaban J connectivity index is 1.36. The van der Waals surface area contributed by atoms with Gasteiger partial charge in [-0.3, -0.25) is 0 Å². The Labute approximate surface area is 261 Å². The van der Waals surface area contributed by atoms with Crippen molar-refractivity contribution in [1.82, 2.24) is 9.55 Å². The SMILES string of the molecule is CCn1cc(-c2ccc(Cl)cc2Cl)nc1/C=C/c1cc(-c2cccc(OCc3ccc(C(=O)OC)cc3)c2)ccc1OC. The van der Waals surface area contributed by atoms with E-state index in [1.54, 1.807) is 25.3 Å². The van der Waals surface area contributed by atoms with Crippen molar-refractivity contribution in [2.24, 2.45) is 0 Å². The van der Waals surface area contributed by atoms with E-state index < -0.39 is 0 Å². The number of nitrogens with zero attached hydrogens (tertiary/aromatic N) is 2. The minimum atomic E-state index is -0.364. The highest BCUT2D eigenvalue weighted by Crippen LogP contribution is 2.32. The largest absolute Gasteiger partial charge is 0.496 e. The van der Waals surface area contributed by atoms with Gasteiger partial charge in [-0.15, -0.1) is 0 Å². The predicted molar refractivity (Wildman–Crippen MR) is 173 cm³/mol. The van der Waals surface area contributed by atoms with Crippen molar-refractivity contribution in [3.8, 4) is 33.9 Å². The Morgan fingerprint density at radius 2 is 1.70 bits per heavy atom. The van der Waals surface area contributed by atoms with Gasteiger partial charge in [-0.05, 0) is 90.4 Å². The molecule has 0 N–H and O–H groups in total. The first-order chi connectivity index (χ1) is 20.9. The van der Waals surface area contributed by atoms with Crippen LogP contribution in [0.2, 0.25) is 10.0 Å². The zero-order valence-electron chi connectivity index (χ0n) is 24.0. The second-order valence-electron chi connectivity index (χ2n) is 9.69. The zero-order valence-corrected chi connectivity index (χ0v) is 25.5. The predicted octanol–water partition coefficient (Wildman–Crippen LogP) is 9.09. The number of aryl methyl sites for hydroxylation is 1. The fourth-order valence-electron chi connectivity index (χ4n) is 4.64. The Kier molecular flexibility index (Phi) is 9.50. The van der Waals surface area contributed by atoms with Crippen LogP contribution in [0, 0.1) is 0 Å². The summed E-state index contributed by atoms with van der Waals surface area (Å²) in [4.78, 5) is 16.5. The van der Waals surface area contributed by atoms with Gasteiger partial charge in [-0.1, -0.05) is 53.5 Å². The summed E-state index contributed by atoms with van der Waals surface area (Å²) in [6.07, 6.45) is 5.97. The van der Waals surface area contributed by atoms with Crippen LogP contribution >= 0.6 is 23.2 Å². The Morgan fingerprint density at radius 3 is 2.42 bits per heavy atom. The molecule has 5 rings (SSSR count). The monoisotopic (exact) mass is 612 g/mol. The molecule has 0 bridgehead atoms. The number of rotatable bonds is 10. The lowest BCUT2D eigenvalue weighted by molar-refractivity contribution is 0.0600. The smallest absolute Gasteiger partial charge is 0.337 e. The van der Waals surface area contributed by atoms with Crippen molar-refractivity contribution in [2.75, 3.05) is 14.2 Å². The van der Waals surface area contributed by atoms with Gasteiger partial charge in [0.15, 0.2) is 0 Å². The van der Waals surface area contributed by atoms with E-state index in [0.717, 1.165) is 57.4 Å². The fraction of sp³-hybridized carbons (Fsp3) is 0.143. The second kappa shape index (κ2) is 13.6. The van der Waals surface area contributed by atoms with E-state index in [0.29, 0.717) is 22.2 Å². The highest BCUT2D eigenvalue weighted by Gasteiger charge is 2.12. The summed E-state index contributed by atoms with van der Waals surface area (Å²) < 4.78 is 18.5. The van der Waals surface area contributed by atoms with Gasteiger partial charge in [0.1, 0.15) is 23.9 Å². The van der Waals surface area contributed by atoms with Crippen LogP contribution in [0.25, 0.3) is 34.5 Å². The number of esters is 1.